The molecular weight excluding hydrogens is 243 g/mol. The molecule has 4 heteroatoms. The molecule has 2 unspecified atom stereocenters. The van der Waals surface area contributed by atoms with Gasteiger partial charge in [-0.25, -0.2) is 4.39 Å². The SMILES string of the molecule is O=C(Cc1ccccc1F)N1CCC2NCCC2C1. The molecule has 0 bridgehead atoms. The first kappa shape index (κ1) is 12.6. The van der Waals surface area contributed by atoms with Gasteiger partial charge in [0.15, 0.2) is 0 Å². The van der Waals surface area contributed by atoms with Gasteiger partial charge < -0.3 is 10.2 Å². The zero-order chi connectivity index (χ0) is 13.2. The second-order valence-corrected chi connectivity index (χ2v) is 5.51. The Hall–Kier alpha value is -1.42. The number of rotatable bonds is 2. The lowest BCUT2D eigenvalue weighted by Gasteiger charge is -2.35. The molecule has 2 saturated heterocycles. The maximum absolute atomic E-state index is 13.6. The third-order valence-electron chi connectivity index (χ3n) is 4.31. The van der Waals surface area contributed by atoms with Crippen molar-refractivity contribution in [2.24, 2.45) is 5.92 Å². The van der Waals surface area contributed by atoms with Crippen LogP contribution in [0.3, 0.4) is 0 Å². The number of amides is 1. The first-order valence-electron chi connectivity index (χ1n) is 6.98. The van der Waals surface area contributed by atoms with Gasteiger partial charge in [0, 0.05) is 19.1 Å². The Morgan fingerprint density at radius 3 is 3.05 bits per heavy atom. The van der Waals surface area contributed by atoms with Gasteiger partial charge in [0.2, 0.25) is 5.91 Å². The van der Waals surface area contributed by atoms with Crippen LogP contribution < -0.4 is 5.32 Å². The van der Waals surface area contributed by atoms with Crippen LogP contribution in [-0.2, 0) is 11.2 Å². The van der Waals surface area contributed by atoms with Crippen LogP contribution >= 0.6 is 0 Å². The Morgan fingerprint density at radius 1 is 1.37 bits per heavy atom. The maximum atomic E-state index is 13.6. The van der Waals surface area contributed by atoms with Crippen molar-refractivity contribution >= 4 is 5.91 Å². The number of nitrogens with one attached hydrogen (secondary N) is 1. The van der Waals surface area contributed by atoms with E-state index < -0.39 is 0 Å². The summed E-state index contributed by atoms with van der Waals surface area (Å²) in [6.07, 6.45) is 2.35. The Morgan fingerprint density at radius 2 is 2.21 bits per heavy atom. The molecule has 1 aromatic rings. The molecule has 0 aromatic heterocycles. The van der Waals surface area contributed by atoms with Gasteiger partial charge in [0.05, 0.1) is 6.42 Å². The smallest absolute Gasteiger partial charge is 0.227 e. The van der Waals surface area contributed by atoms with Crippen molar-refractivity contribution in [1.82, 2.24) is 10.2 Å². The third-order valence-corrected chi connectivity index (χ3v) is 4.31. The summed E-state index contributed by atoms with van der Waals surface area (Å²) >= 11 is 0. The highest BCUT2D eigenvalue weighted by molar-refractivity contribution is 5.79. The van der Waals surface area contributed by atoms with Gasteiger partial charge >= 0.3 is 0 Å². The molecule has 1 aromatic carbocycles. The third kappa shape index (κ3) is 2.63. The minimum atomic E-state index is -0.284. The fraction of sp³-hybridized carbons (Fsp3) is 0.533. The molecular formula is C15H19FN2O. The molecule has 3 nitrogen and oxygen atoms in total. The van der Waals surface area contributed by atoms with E-state index >= 15 is 0 Å². The molecule has 19 heavy (non-hydrogen) atoms. The summed E-state index contributed by atoms with van der Waals surface area (Å²) in [5, 5.41) is 3.48. The molecule has 2 aliphatic rings. The second kappa shape index (κ2) is 5.29. The van der Waals surface area contributed by atoms with Crippen molar-refractivity contribution in [3.8, 4) is 0 Å². The number of carbonyl (C=O) groups is 1. The fourth-order valence-electron chi connectivity index (χ4n) is 3.19. The van der Waals surface area contributed by atoms with Crippen LogP contribution in [0.25, 0.3) is 0 Å². The second-order valence-electron chi connectivity index (χ2n) is 5.51. The Balaban J connectivity index is 1.63. The number of hydrogen-bond acceptors (Lipinski definition) is 2. The van der Waals surface area contributed by atoms with Crippen molar-refractivity contribution in [2.75, 3.05) is 19.6 Å². The van der Waals surface area contributed by atoms with Gasteiger partial charge in [-0.05, 0) is 36.9 Å². The zero-order valence-electron chi connectivity index (χ0n) is 10.9. The van der Waals surface area contributed by atoms with Crippen molar-refractivity contribution in [3.05, 3.63) is 35.6 Å². The number of halogens is 1. The first-order valence-corrected chi connectivity index (χ1v) is 6.98. The highest BCUT2D eigenvalue weighted by Crippen LogP contribution is 2.25. The van der Waals surface area contributed by atoms with E-state index in [1.165, 1.54) is 6.07 Å². The number of piperidine rings is 1. The lowest BCUT2D eigenvalue weighted by Crippen LogP contribution is -2.47. The minimum absolute atomic E-state index is 0.0513. The number of nitrogens with zero attached hydrogens (tertiary/aromatic N) is 1. The molecule has 2 fully saturated rings. The summed E-state index contributed by atoms with van der Waals surface area (Å²) in [6.45, 7) is 2.68. The van der Waals surface area contributed by atoms with Gasteiger partial charge in [-0.2, -0.15) is 0 Å². The standard InChI is InChI=1S/C15H19FN2O/c16-13-4-2-1-3-11(13)9-15(19)18-8-6-14-12(10-18)5-7-17-14/h1-4,12,14,17H,5-10H2. The molecule has 0 spiro atoms. The van der Waals surface area contributed by atoms with Gasteiger partial charge in [-0.1, -0.05) is 18.2 Å². The molecule has 2 atom stereocenters. The monoisotopic (exact) mass is 262 g/mol. The van der Waals surface area contributed by atoms with Gasteiger partial charge in [-0.15, -0.1) is 0 Å². The Kier molecular flexibility index (Phi) is 3.51. The number of hydrogen-bond donors (Lipinski definition) is 1. The highest BCUT2D eigenvalue weighted by Gasteiger charge is 2.34. The van der Waals surface area contributed by atoms with Gasteiger partial charge in [0.1, 0.15) is 5.82 Å². The van der Waals surface area contributed by atoms with E-state index in [2.05, 4.69) is 5.32 Å². The summed E-state index contributed by atoms with van der Waals surface area (Å²) < 4.78 is 13.6. The van der Waals surface area contributed by atoms with E-state index in [1.807, 2.05) is 4.90 Å². The van der Waals surface area contributed by atoms with Crippen LogP contribution in [0.4, 0.5) is 4.39 Å². The predicted octanol–water partition coefficient (Wildman–Crippen LogP) is 1.58. The first-order chi connectivity index (χ1) is 9.24. The van der Waals surface area contributed by atoms with E-state index in [0.717, 1.165) is 32.5 Å². The normalized spacial score (nSPS) is 26.3. The molecule has 1 N–H and O–H groups in total. The number of fused-ring (bicyclic) bond motifs is 1. The fourth-order valence-corrected chi connectivity index (χ4v) is 3.19. The quantitative estimate of drug-likeness (QED) is 0.877. The van der Waals surface area contributed by atoms with Crippen molar-refractivity contribution in [1.29, 1.82) is 0 Å². The molecule has 2 heterocycles. The average molecular weight is 262 g/mol. The van der Waals surface area contributed by atoms with E-state index in [0.29, 0.717) is 17.5 Å². The van der Waals surface area contributed by atoms with E-state index in [-0.39, 0.29) is 18.1 Å². The van der Waals surface area contributed by atoms with Crippen LogP contribution in [0.5, 0.6) is 0 Å². The molecule has 0 radical (unpaired) electrons. The highest BCUT2D eigenvalue weighted by atomic mass is 19.1. The molecule has 102 valence electrons. The minimum Gasteiger partial charge on any atom is -0.342 e. The van der Waals surface area contributed by atoms with Crippen LogP contribution in [0, 0.1) is 11.7 Å². The van der Waals surface area contributed by atoms with Crippen LogP contribution in [0.2, 0.25) is 0 Å². The topological polar surface area (TPSA) is 32.3 Å². The summed E-state index contributed by atoms with van der Waals surface area (Å²) in [6, 6.07) is 7.11. The average Bonchev–Trinajstić information content (AvgIpc) is 2.88. The summed E-state index contributed by atoms with van der Waals surface area (Å²) in [7, 11) is 0. The van der Waals surface area contributed by atoms with Crippen LogP contribution in [-0.4, -0.2) is 36.5 Å². The molecule has 0 saturated carbocycles. The Bertz CT molecular complexity index is 477. The maximum Gasteiger partial charge on any atom is 0.227 e. The summed E-state index contributed by atoms with van der Waals surface area (Å²) in [5.74, 6) is 0.349. The molecule has 0 aliphatic carbocycles. The number of carbonyl (C=O) groups excluding carboxylic acids is 1. The lowest BCUT2D eigenvalue weighted by atomic mass is 9.93. The van der Waals surface area contributed by atoms with Gasteiger partial charge in [-0.3, -0.25) is 4.79 Å². The van der Waals surface area contributed by atoms with E-state index in [9.17, 15) is 9.18 Å². The molecule has 2 aliphatic heterocycles. The van der Waals surface area contributed by atoms with Gasteiger partial charge in [0.25, 0.3) is 0 Å². The van der Waals surface area contributed by atoms with Crippen molar-refractivity contribution < 1.29 is 9.18 Å². The lowest BCUT2D eigenvalue weighted by molar-refractivity contribution is -0.132. The summed E-state index contributed by atoms with van der Waals surface area (Å²) in [5.41, 5.74) is 0.499. The van der Waals surface area contributed by atoms with Crippen LogP contribution in [0.15, 0.2) is 24.3 Å². The zero-order valence-corrected chi connectivity index (χ0v) is 10.9. The number of benzene rings is 1. The molecule has 1 amide bonds. The van der Waals surface area contributed by atoms with Crippen molar-refractivity contribution in [2.45, 2.75) is 25.3 Å². The van der Waals surface area contributed by atoms with E-state index in [1.54, 1.807) is 18.2 Å². The molecule has 3 rings (SSSR count). The summed E-state index contributed by atoms with van der Waals surface area (Å²) in [4.78, 5) is 14.2. The number of likely N-dealkylation sites (tertiary alicyclic amines) is 1. The Labute approximate surface area is 112 Å². The largest absolute Gasteiger partial charge is 0.342 e. The van der Waals surface area contributed by atoms with E-state index in [4.69, 9.17) is 0 Å². The van der Waals surface area contributed by atoms with Crippen molar-refractivity contribution in [3.63, 3.8) is 0 Å². The van der Waals surface area contributed by atoms with Crippen LogP contribution in [0.1, 0.15) is 18.4 Å². The predicted molar refractivity (Wildman–Crippen MR) is 71.2 cm³/mol.